The van der Waals surface area contributed by atoms with E-state index in [0.29, 0.717) is 0 Å². The van der Waals surface area contributed by atoms with E-state index in [1.54, 1.807) is 6.26 Å². The van der Waals surface area contributed by atoms with Gasteiger partial charge in [-0.05, 0) is 44.2 Å². The molecule has 0 aromatic carbocycles. The molecule has 2 aromatic rings. The number of likely N-dealkylation sites (N-methyl/N-ethyl adjacent to an activating group) is 1. The van der Waals surface area contributed by atoms with E-state index in [-0.39, 0.29) is 12.1 Å². The average molecular weight is 273 g/mol. The Bertz CT molecular complexity index is 524. The van der Waals surface area contributed by atoms with Gasteiger partial charge < -0.3 is 10.2 Å². The van der Waals surface area contributed by atoms with Gasteiger partial charge in [-0.15, -0.1) is 0 Å². The minimum absolute atomic E-state index is 0.0922. The van der Waals surface area contributed by atoms with Crippen LogP contribution >= 0.6 is 0 Å². The van der Waals surface area contributed by atoms with Crippen LogP contribution in [0.15, 0.2) is 41.3 Å². The Morgan fingerprint density at radius 3 is 2.55 bits per heavy atom. The number of aryl methyl sites for hydroxylation is 1. The molecule has 0 amide bonds. The first kappa shape index (κ1) is 14.8. The summed E-state index contributed by atoms with van der Waals surface area (Å²) < 4.78 is 5.37. The van der Waals surface area contributed by atoms with Crippen LogP contribution in [0, 0.1) is 6.92 Å². The quantitative estimate of drug-likeness (QED) is 0.879. The van der Waals surface area contributed by atoms with Crippen LogP contribution in [0.5, 0.6) is 0 Å². The maximum Gasteiger partial charge on any atom is 0.105 e. The van der Waals surface area contributed by atoms with Crippen LogP contribution in [-0.2, 0) is 6.54 Å². The van der Waals surface area contributed by atoms with Crippen LogP contribution in [0.3, 0.4) is 0 Å². The smallest absolute Gasteiger partial charge is 0.105 e. The lowest BCUT2D eigenvalue weighted by Gasteiger charge is -2.32. The molecule has 20 heavy (non-hydrogen) atoms. The third kappa shape index (κ3) is 3.26. The average Bonchev–Trinajstić information content (AvgIpc) is 2.85. The molecule has 2 N–H and O–H groups in total. The number of hydrogen-bond donors (Lipinski definition) is 1. The molecule has 2 atom stereocenters. The molecule has 2 aromatic heterocycles. The summed E-state index contributed by atoms with van der Waals surface area (Å²) in [6.45, 7) is 4.93. The fraction of sp³-hybridized carbons (Fsp3) is 0.438. The predicted octanol–water partition coefficient (Wildman–Crippen LogP) is 2.89. The van der Waals surface area contributed by atoms with Gasteiger partial charge in [0.25, 0.3) is 0 Å². The van der Waals surface area contributed by atoms with Crippen molar-refractivity contribution in [3.8, 4) is 0 Å². The van der Waals surface area contributed by atoms with Gasteiger partial charge in [-0.3, -0.25) is 9.88 Å². The number of furan rings is 1. The van der Waals surface area contributed by atoms with Crippen molar-refractivity contribution in [1.82, 2.24) is 9.88 Å². The van der Waals surface area contributed by atoms with Crippen molar-refractivity contribution in [2.75, 3.05) is 7.05 Å². The summed E-state index contributed by atoms with van der Waals surface area (Å²) in [5, 5.41) is 0. The third-order valence-corrected chi connectivity index (χ3v) is 3.79. The summed E-state index contributed by atoms with van der Waals surface area (Å²) in [7, 11) is 2.10. The number of nitrogens with zero attached hydrogens (tertiary/aromatic N) is 2. The first-order chi connectivity index (χ1) is 9.63. The fourth-order valence-corrected chi connectivity index (χ4v) is 2.55. The van der Waals surface area contributed by atoms with E-state index in [1.165, 1.54) is 11.1 Å². The Morgan fingerprint density at radius 2 is 2.00 bits per heavy atom. The SMILES string of the molecule is CCC(N)C(c1ccncc1)N(C)Cc1ccoc1C. The topological polar surface area (TPSA) is 55.3 Å². The summed E-state index contributed by atoms with van der Waals surface area (Å²) in [6, 6.07) is 6.37. The largest absolute Gasteiger partial charge is 0.469 e. The first-order valence-corrected chi connectivity index (χ1v) is 7.02. The molecular weight excluding hydrogens is 250 g/mol. The van der Waals surface area contributed by atoms with Crippen LogP contribution in [0.1, 0.15) is 36.3 Å². The van der Waals surface area contributed by atoms with E-state index in [2.05, 4.69) is 23.9 Å². The Morgan fingerprint density at radius 1 is 1.30 bits per heavy atom. The van der Waals surface area contributed by atoms with Crippen LogP contribution in [0.2, 0.25) is 0 Å². The highest BCUT2D eigenvalue weighted by Crippen LogP contribution is 2.25. The van der Waals surface area contributed by atoms with Crippen LogP contribution in [0.25, 0.3) is 0 Å². The van der Waals surface area contributed by atoms with Crippen molar-refractivity contribution in [2.24, 2.45) is 5.73 Å². The van der Waals surface area contributed by atoms with Crippen molar-refractivity contribution in [1.29, 1.82) is 0 Å². The van der Waals surface area contributed by atoms with Gasteiger partial charge in [0.2, 0.25) is 0 Å². The lowest BCUT2D eigenvalue weighted by atomic mass is 9.97. The van der Waals surface area contributed by atoms with Crippen molar-refractivity contribution in [2.45, 2.75) is 38.9 Å². The number of hydrogen-bond acceptors (Lipinski definition) is 4. The molecule has 0 radical (unpaired) electrons. The molecular formula is C16H23N3O. The van der Waals surface area contributed by atoms with Gasteiger partial charge in [0, 0.05) is 30.5 Å². The maximum atomic E-state index is 6.33. The Labute approximate surface area is 120 Å². The van der Waals surface area contributed by atoms with Gasteiger partial charge in [0.05, 0.1) is 12.3 Å². The lowest BCUT2D eigenvalue weighted by Crippen LogP contribution is -2.38. The lowest BCUT2D eigenvalue weighted by molar-refractivity contribution is 0.200. The molecule has 2 rings (SSSR count). The van der Waals surface area contributed by atoms with E-state index in [9.17, 15) is 0 Å². The molecule has 0 spiro atoms. The normalized spacial score (nSPS) is 14.4. The van der Waals surface area contributed by atoms with Gasteiger partial charge in [0.15, 0.2) is 0 Å². The summed E-state index contributed by atoms with van der Waals surface area (Å²) in [5.74, 6) is 0.968. The third-order valence-electron chi connectivity index (χ3n) is 3.79. The highest BCUT2D eigenvalue weighted by Gasteiger charge is 2.23. The van der Waals surface area contributed by atoms with E-state index < -0.39 is 0 Å². The predicted molar refractivity (Wildman–Crippen MR) is 80.2 cm³/mol. The highest BCUT2D eigenvalue weighted by molar-refractivity contribution is 5.20. The molecule has 2 unspecified atom stereocenters. The standard InChI is InChI=1S/C16H23N3O/c1-4-15(17)16(13-5-8-18-9-6-13)19(3)11-14-7-10-20-12(14)2/h5-10,15-16H,4,11,17H2,1-3H3. The van der Waals surface area contributed by atoms with Crippen molar-refractivity contribution in [3.05, 3.63) is 53.7 Å². The van der Waals surface area contributed by atoms with Gasteiger partial charge in [-0.1, -0.05) is 6.92 Å². The first-order valence-electron chi connectivity index (χ1n) is 7.02. The second-order valence-electron chi connectivity index (χ2n) is 5.21. The zero-order valence-corrected chi connectivity index (χ0v) is 12.4. The monoisotopic (exact) mass is 273 g/mol. The minimum Gasteiger partial charge on any atom is -0.469 e. The fourth-order valence-electron chi connectivity index (χ4n) is 2.55. The van der Waals surface area contributed by atoms with E-state index in [0.717, 1.165) is 18.7 Å². The van der Waals surface area contributed by atoms with Crippen LogP contribution in [0.4, 0.5) is 0 Å². The van der Waals surface area contributed by atoms with Gasteiger partial charge in [-0.2, -0.15) is 0 Å². The number of aromatic nitrogens is 1. The molecule has 108 valence electrons. The Kier molecular flexibility index (Phi) is 4.93. The zero-order chi connectivity index (χ0) is 14.5. The summed E-state index contributed by atoms with van der Waals surface area (Å²) in [5.41, 5.74) is 8.74. The van der Waals surface area contributed by atoms with E-state index in [1.807, 2.05) is 37.5 Å². The second kappa shape index (κ2) is 6.68. The van der Waals surface area contributed by atoms with Crippen LogP contribution < -0.4 is 5.73 Å². The molecule has 0 aliphatic carbocycles. The second-order valence-corrected chi connectivity index (χ2v) is 5.21. The molecule has 0 fully saturated rings. The van der Waals surface area contributed by atoms with Gasteiger partial charge in [-0.25, -0.2) is 0 Å². The molecule has 4 nitrogen and oxygen atoms in total. The summed E-state index contributed by atoms with van der Waals surface area (Å²) in [4.78, 5) is 6.37. The number of nitrogens with two attached hydrogens (primary N) is 1. The van der Waals surface area contributed by atoms with Crippen molar-refractivity contribution < 1.29 is 4.42 Å². The molecule has 0 bridgehead atoms. The van der Waals surface area contributed by atoms with Gasteiger partial charge >= 0.3 is 0 Å². The summed E-state index contributed by atoms with van der Waals surface area (Å²) in [6.07, 6.45) is 6.31. The maximum absolute atomic E-state index is 6.33. The van der Waals surface area contributed by atoms with Gasteiger partial charge in [0.1, 0.15) is 5.76 Å². The van der Waals surface area contributed by atoms with Crippen molar-refractivity contribution in [3.63, 3.8) is 0 Å². The van der Waals surface area contributed by atoms with Crippen LogP contribution in [-0.4, -0.2) is 23.0 Å². The Hall–Kier alpha value is -1.65. The highest BCUT2D eigenvalue weighted by atomic mass is 16.3. The van der Waals surface area contributed by atoms with Crippen molar-refractivity contribution >= 4 is 0 Å². The molecule has 0 saturated carbocycles. The Balaban J connectivity index is 2.21. The zero-order valence-electron chi connectivity index (χ0n) is 12.4. The number of pyridine rings is 1. The molecule has 0 saturated heterocycles. The molecule has 2 heterocycles. The summed E-state index contributed by atoms with van der Waals surface area (Å²) >= 11 is 0. The minimum atomic E-state index is 0.0922. The number of rotatable bonds is 6. The molecule has 4 heteroatoms. The molecule has 0 aliphatic rings. The van der Waals surface area contributed by atoms with E-state index >= 15 is 0 Å². The van der Waals surface area contributed by atoms with E-state index in [4.69, 9.17) is 10.2 Å². The molecule has 0 aliphatic heterocycles.